The number of fused-ring (bicyclic) bond motifs is 2. The number of nitrogens with one attached hydrogen (secondary N) is 2. The Hall–Kier alpha value is -5.89. The summed E-state index contributed by atoms with van der Waals surface area (Å²) in [6.07, 6.45) is 2.16. The smallest absolute Gasteiger partial charge is 0.341 e. The van der Waals surface area contributed by atoms with Crippen molar-refractivity contribution in [1.29, 1.82) is 0 Å². The van der Waals surface area contributed by atoms with Crippen molar-refractivity contribution >= 4 is 46.7 Å². The number of carbonyl (C=O) groups is 4. The number of carbonyl (C=O) groups excluding carboxylic acids is 3. The summed E-state index contributed by atoms with van der Waals surface area (Å²) in [5.41, 5.74) is 7.61. The van der Waals surface area contributed by atoms with Crippen LogP contribution < -0.4 is 16.4 Å². The second-order valence-corrected chi connectivity index (χ2v) is 13.4. The van der Waals surface area contributed by atoms with Gasteiger partial charge in [-0.05, 0) is 93.1 Å². The Kier molecular flexibility index (Phi) is 10.9. The number of aromatic carboxylic acids is 1. The van der Waals surface area contributed by atoms with Gasteiger partial charge in [0.1, 0.15) is 22.6 Å². The van der Waals surface area contributed by atoms with Crippen LogP contribution in [0.2, 0.25) is 5.02 Å². The SMILES string of the molecule is Cc1c(C(=O)OC(C)(C)C)ccc2c1CC[C@@H]2NC(=O)c1cc(C(=O)NCc2ccc(F)c(F)c2)nc2c(C(=O)O)cnn12.Nc1ccccc1Cl. The molecule has 12 nitrogen and oxygen atoms in total. The highest BCUT2D eigenvalue weighted by molar-refractivity contribution is 6.33. The number of nitrogens with two attached hydrogens (primary N) is 1. The summed E-state index contributed by atoms with van der Waals surface area (Å²) in [5.74, 6) is -5.33. The number of benzene rings is 3. The molecular formula is C37H35ClF2N6O6. The molecule has 2 heterocycles. The molecule has 3 aromatic carbocycles. The average molecular weight is 733 g/mol. The van der Waals surface area contributed by atoms with Crippen molar-refractivity contribution in [2.45, 2.75) is 58.7 Å². The minimum Gasteiger partial charge on any atom is -0.477 e. The molecule has 0 saturated carbocycles. The molecule has 1 aliphatic rings. The van der Waals surface area contributed by atoms with Gasteiger partial charge in [-0.3, -0.25) is 9.59 Å². The van der Waals surface area contributed by atoms with Crippen LogP contribution in [0.4, 0.5) is 14.5 Å². The summed E-state index contributed by atoms with van der Waals surface area (Å²) < 4.78 is 33.4. The Bertz CT molecular complexity index is 2200. The molecule has 15 heteroatoms. The van der Waals surface area contributed by atoms with Gasteiger partial charge in [0.25, 0.3) is 11.8 Å². The van der Waals surface area contributed by atoms with E-state index in [-0.39, 0.29) is 34.7 Å². The first-order valence-corrected chi connectivity index (χ1v) is 16.4. The number of rotatable bonds is 7. The number of esters is 1. The summed E-state index contributed by atoms with van der Waals surface area (Å²) >= 11 is 5.58. The van der Waals surface area contributed by atoms with E-state index in [2.05, 4.69) is 20.7 Å². The normalized spacial score (nSPS) is 13.5. The minimum absolute atomic E-state index is 0.143. The second-order valence-electron chi connectivity index (χ2n) is 13.0. The second kappa shape index (κ2) is 15.2. The van der Waals surface area contributed by atoms with Gasteiger partial charge in [-0.15, -0.1) is 0 Å². The van der Waals surface area contributed by atoms with E-state index in [9.17, 15) is 33.1 Å². The number of anilines is 1. The molecule has 270 valence electrons. The topological polar surface area (TPSA) is 178 Å². The van der Waals surface area contributed by atoms with Gasteiger partial charge in [-0.25, -0.2) is 27.9 Å². The van der Waals surface area contributed by atoms with Crippen LogP contribution >= 0.6 is 11.6 Å². The molecule has 0 aliphatic heterocycles. The molecule has 0 fully saturated rings. The molecule has 2 aromatic heterocycles. The Morgan fingerprint density at radius 3 is 2.38 bits per heavy atom. The van der Waals surface area contributed by atoms with Crippen molar-refractivity contribution in [3.05, 3.63) is 128 Å². The quantitative estimate of drug-likeness (QED) is 0.111. The maximum atomic E-state index is 13.6. The fraction of sp³-hybridized carbons (Fsp3) is 0.243. The predicted octanol–water partition coefficient (Wildman–Crippen LogP) is 6.24. The molecule has 1 aliphatic carbocycles. The Morgan fingerprint density at radius 1 is 1.02 bits per heavy atom. The lowest BCUT2D eigenvalue weighted by Gasteiger charge is -2.21. The van der Waals surface area contributed by atoms with Crippen molar-refractivity contribution in [2.75, 3.05) is 5.73 Å². The van der Waals surface area contributed by atoms with E-state index in [0.29, 0.717) is 29.1 Å². The minimum atomic E-state index is -1.36. The molecule has 52 heavy (non-hydrogen) atoms. The van der Waals surface area contributed by atoms with Gasteiger partial charge in [0, 0.05) is 12.6 Å². The van der Waals surface area contributed by atoms with Crippen molar-refractivity contribution in [3.63, 3.8) is 0 Å². The summed E-state index contributed by atoms with van der Waals surface area (Å²) in [6.45, 7) is 7.01. The molecule has 1 atom stereocenters. The highest BCUT2D eigenvalue weighted by Gasteiger charge is 2.30. The Labute approximate surface area is 302 Å². The average Bonchev–Trinajstić information content (AvgIpc) is 3.70. The number of amides is 2. The summed E-state index contributed by atoms with van der Waals surface area (Å²) in [6, 6.07) is 14.6. The molecular weight excluding hydrogens is 698 g/mol. The number of para-hydroxylation sites is 1. The Balaban J connectivity index is 0.000000577. The van der Waals surface area contributed by atoms with Crippen LogP contribution in [-0.4, -0.2) is 49.1 Å². The standard InChI is InChI=1S/C31H29F2N5O6.C6H6ClN/c1-15-17-8-10-23(19(17)7-6-18(15)30(43)44-31(2,3)4)37-28(40)25-12-24(36-26-20(29(41)42)14-35-38(25)26)27(39)34-13-16-5-9-21(32)22(33)11-16;7-5-3-1-2-4-6(5)8/h5-7,9,11-12,14,23H,8,10,13H2,1-4H3,(H,34,39)(H,37,40)(H,41,42);1-4H,8H2/t23-;/m0./s1. The fourth-order valence-corrected chi connectivity index (χ4v) is 5.74. The molecule has 0 saturated heterocycles. The van der Waals surface area contributed by atoms with Crippen LogP contribution in [0.15, 0.2) is 66.9 Å². The maximum Gasteiger partial charge on any atom is 0.341 e. The van der Waals surface area contributed by atoms with E-state index in [4.69, 9.17) is 22.1 Å². The van der Waals surface area contributed by atoms with Crippen molar-refractivity contribution in [2.24, 2.45) is 0 Å². The van der Waals surface area contributed by atoms with Crippen molar-refractivity contribution < 1.29 is 37.8 Å². The van der Waals surface area contributed by atoms with Crippen LogP contribution in [0, 0.1) is 18.6 Å². The van der Waals surface area contributed by atoms with E-state index in [1.165, 1.54) is 12.1 Å². The first-order chi connectivity index (χ1) is 24.5. The summed E-state index contributed by atoms with van der Waals surface area (Å²) in [5, 5.41) is 19.7. The number of carboxylic acids is 1. The lowest BCUT2D eigenvalue weighted by molar-refractivity contribution is 0.00681. The van der Waals surface area contributed by atoms with Crippen LogP contribution in [-0.2, 0) is 17.7 Å². The van der Waals surface area contributed by atoms with Gasteiger partial charge in [-0.2, -0.15) is 5.10 Å². The van der Waals surface area contributed by atoms with Gasteiger partial charge in [0.15, 0.2) is 17.3 Å². The Morgan fingerprint density at radius 2 is 1.75 bits per heavy atom. The van der Waals surface area contributed by atoms with Crippen LogP contribution in [0.5, 0.6) is 0 Å². The maximum absolute atomic E-state index is 13.6. The lowest BCUT2D eigenvalue weighted by Crippen LogP contribution is -2.31. The zero-order chi connectivity index (χ0) is 37.9. The number of ether oxygens (including phenoxy) is 1. The van der Waals surface area contributed by atoms with Crippen LogP contribution in [0.1, 0.15) is 97.2 Å². The van der Waals surface area contributed by atoms with E-state index >= 15 is 0 Å². The molecule has 6 rings (SSSR count). The number of nitrogens with zero attached hydrogens (tertiary/aromatic N) is 3. The zero-order valence-electron chi connectivity index (χ0n) is 28.6. The van der Waals surface area contributed by atoms with Crippen molar-refractivity contribution in [3.8, 4) is 0 Å². The molecule has 0 spiro atoms. The number of hydrogen-bond acceptors (Lipinski definition) is 8. The molecule has 0 unspecified atom stereocenters. The third-order valence-electron chi connectivity index (χ3n) is 8.13. The number of halogens is 3. The molecule has 0 radical (unpaired) electrons. The number of carboxylic acid groups (broad SMARTS) is 1. The molecule has 5 N–H and O–H groups in total. The van der Waals surface area contributed by atoms with E-state index in [0.717, 1.165) is 39.5 Å². The number of hydrogen-bond donors (Lipinski definition) is 4. The fourth-order valence-electron chi connectivity index (χ4n) is 5.61. The first kappa shape index (κ1) is 37.4. The molecule has 5 aromatic rings. The zero-order valence-corrected chi connectivity index (χ0v) is 29.3. The van der Waals surface area contributed by atoms with E-state index in [1.807, 2.05) is 19.1 Å². The first-order valence-electron chi connectivity index (χ1n) is 16.0. The molecule has 0 bridgehead atoms. The van der Waals surface area contributed by atoms with E-state index < -0.39 is 47.0 Å². The van der Waals surface area contributed by atoms with Crippen LogP contribution in [0.25, 0.3) is 5.65 Å². The molecule has 2 amide bonds. The monoisotopic (exact) mass is 732 g/mol. The largest absolute Gasteiger partial charge is 0.477 e. The van der Waals surface area contributed by atoms with Gasteiger partial charge >= 0.3 is 11.9 Å². The number of nitrogen functional groups attached to an aromatic ring is 1. The highest BCUT2D eigenvalue weighted by atomic mass is 35.5. The third-order valence-corrected chi connectivity index (χ3v) is 8.47. The van der Waals surface area contributed by atoms with E-state index in [1.54, 1.807) is 45.0 Å². The lowest BCUT2D eigenvalue weighted by atomic mass is 9.97. The van der Waals surface area contributed by atoms with Crippen LogP contribution in [0.3, 0.4) is 0 Å². The highest BCUT2D eigenvalue weighted by Crippen LogP contribution is 2.35. The van der Waals surface area contributed by atoms with Gasteiger partial charge in [0.05, 0.1) is 28.5 Å². The summed E-state index contributed by atoms with van der Waals surface area (Å²) in [7, 11) is 0. The van der Waals surface area contributed by atoms with Crippen molar-refractivity contribution in [1.82, 2.24) is 25.2 Å². The predicted molar refractivity (Wildman–Crippen MR) is 188 cm³/mol. The van der Waals surface area contributed by atoms with Gasteiger partial charge in [0.2, 0.25) is 0 Å². The summed E-state index contributed by atoms with van der Waals surface area (Å²) in [4.78, 5) is 55.3. The third kappa shape index (κ3) is 8.35. The van der Waals surface area contributed by atoms with Gasteiger partial charge < -0.3 is 26.2 Å². The number of aromatic nitrogens is 3. The van der Waals surface area contributed by atoms with Gasteiger partial charge in [-0.1, -0.05) is 35.9 Å².